The van der Waals surface area contributed by atoms with Gasteiger partial charge in [0.05, 0.1) is 24.4 Å². The zero-order chi connectivity index (χ0) is 15.5. The molecule has 0 radical (unpaired) electrons. The summed E-state index contributed by atoms with van der Waals surface area (Å²) in [6.45, 7) is 1.14. The van der Waals surface area contributed by atoms with Crippen molar-refractivity contribution in [2.45, 2.75) is 25.1 Å². The number of carbonyl (C=O) groups excluding carboxylic acids is 1. The number of hydrogen-bond donors (Lipinski definition) is 1. The summed E-state index contributed by atoms with van der Waals surface area (Å²) in [4.78, 5) is 17.9. The number of para-hydroxylation sites is 1. The van der Waals surface area contributed by atoms with E-state index in [4.69, 9.17) is 10.5 Å². The number of amides is 1. The molecule has 0 unspecified atom stereocenters. The highest BCUT2D eigenvalue weighted by molar-refractivity contribution is 5.80. The Morgan fingerprint density at radius 2 is 2.18 bits per heavy atom. The molecule has 7 heteroatoms. The third kappa shape index (κ3) is 3.00. The van der Waals surface area contributed by atoms with Crippen LogP contribution in [-0.4, -0.2) is 51.4 Å². The molecule has 2 N–H and O–H groups in total. The molecular weight excluding hydrogens is 282 g/mol. The highest BCUT2D eigenvalue weighted by Gasteiger charge is 2.36. The van der Waals surface area contributed by atoms with E-state index >= 15 is 0 Å². The van der Waals surface area contributed by atoms with E-state index in [1.807, 2.05) is 35.2 Å². The fraction of sp³-hybridized carbons (Fsp3) is 0.400. The second-order valence-corrected chi connectivity index (χ2v) is 5.38. The molecule has 1 amide bonds. The molecule has 1 aliphatic heterocycles. The van der Waals surface area contributed by atoms with Gasteiger partial charge in [0, 0.05) is 13.7 Å². The van der Waals surface area contributed by atoms with Crippen LogP contribution in [0, 0.1) is 0 Å². The smallest absolute Gasteiger partial charge is 0.234 e. The van der Waals surface area contributed by atoms with Gasteiger partial charge in [-0.05, 0) is 18.6 Å². The van der Waals surface area contributed by atoms with Gasteiger partial charge >= 0.3 is 0 Å². The first-order valence-electron chi connectivity index (χ1n) is 7.19. The van der Waals surface area contributed by atoms with E-state index in [-0.39, 0.29) is 18.1 Å². The summed E-state index contributed by atoms with van der Waals surface area (Å²) in [6.07, 6.45) is 2.31. The molecule has 2 atom stereocenters. The number of primary amides is 1. The van der Waals surface area contributed by atoms with Crippen molar-refractivity contribution < 1.29 is 9.53 Å². The van der Waals surface area contributed by atoms with Crippen LogP contribution in [0.3, 0.4) is 0 Å². The number of nitrogens with zero attached hydrogens (tertiary/aromatic N) is 4. The Bertz CT molecular complexity index is 642. The van der Waals surface area contributed by atoms with Crippen molar-refractivity contribution in [2.24, 2.45) is 5.73 Å². The summed E-state index contributed by atoms with van der Waals surface area (Å²) in [5, 5.41) is 4.46. The maximum Gasteiger partial charge on any atom is 0.234 e. The van der Waals surface area contributed by atoms with Crippen LogP contribution in [0.4, 0.5) is 0 Å². The quantitative estimate of drug-likeness (QED) is 0.860. The molecule has 116 valence electrons. The lowest BCUT2D eigenvalue weighted by atomic mass is 10.2. The van der Waals surface area contributed by atoms with E-state index in [0.717, 1.165) is 5.69 Å². The summed E-state index contributed by atoms with van der Waals surface area (Å²) in [6, 6.07) is 9.44. The van der Waals surface area contributed by atoms with Gasteiger partial charge in [0.2, 0.25) is 5.91 Å². The first-order valence-corrected chi connectivity index (χ1v) is 7.19. The number of hydrogen-bond acceptors (Lipinski definition) is 5. The number of nitrogens with two attached hydrogens (primary N) is 1. The van der Waals surface area contributed by atoms with Crippen LogP contribution in [0.15, 0.2) is 36.7 Å². The Kier molecular flexibility index (Phi) is 4.17. The molecule has 1 saturated heterocycles. The molecule has 1 aromatic heterocycles. The molecule has 1 fully saturated rings. The summed E-state index contributed by atoms with van der Waals surface area (Å²) >= 11 is 0. The maximum absolute atomic E-state index is 11.6. The van der Waals surface area contributed by atoms with Gasteiger partial charge in [-0.1, -0.05) is 18.2 Å². The number of ether oxygens (including phenoxy) is 1. The highest BCUT2D eigenvalue weighted by Crippen LogP contribution is 2.21. The third-order valence-electron chi connectivity index (χ3n) is 3.93. The summed E-state index contributed by atoms with van der Waals surface area (Å²) in [7, 11) is 1.65. The molecule has 22 heavy (non-hydrogen) atoms. The fourth-order valence-corrected chi connectivity index (χ4v) is 2.76. The van der Waals surface area contributed by atoms with Gasteiger partial charge < -0.3 is 10.5 Å². The largest absolute Gasteiger partial charge is 0.380 e. The van der Waals surface area contributed by atoms with Gasteiger partial charge in [-0.15, -0.1) is 5.10 Å². The molecule has 1 aromatic carbocycles. The monoisotopic (exact) mass is 301 g/mol. The van der Waals surface area contributed by atoms with Crippen LogP contribution in [0.2, 0.25) is 0 Å². The summed E-state index contributed by atoms with van der Waals surface area (Å²) in [5.74, 6) is 0.328. The summed E-state index contributed by atoms with van der Waals surface area (Å²) in [5.41, 5.74) is 6.42. The van der Waals surface area contributed by atoms with E-state index in [2.05, 4.69) is 10.1 Å². The standard InChI is InChI=1S/C15H19N5O2/c1-22-12-7-13(15(16)21)19(8-12)9-14-17-10-20(18-14)11-5-3-2-4-6-11/h2-6,10,12-13H,7-9H2,1H3,(H2,16,21)/t12-,13-/m0/s1. The molecular formula is C15H19N5O2. The van der Waals surface area contributed by atoms with Crippen molar-refractivity contribution in [3.8, 4) is 5.69 Å². The lowest BCUT2D eigenvalue weighted by Crippen LogP contribution is -2.40. The van der Waals surface area contributed by atoms with Gasteiger partial charge in [-0.2, -0.15) is 0 Å². The van der Waals surface area contributed by atoms with Crippen LogP contribution < -0.4 is 5.73 Å². The Labute approximate surface area is 128 Å². The molecule has 2 heterocycles. The summed E-state index contributed by atoms with van der Waals surface area (Å²) < 4.78 is 7.06. The van der Waals surface area contributed by atoms with E-state index in [1.165, 1.54) is 0 Å². The van der Waals surface area contributed by atoms with Crippen molar-refractivity contribution in [1.29, 1.82) is 0 Å². The second kappa shape index (κ2) is 6.25. The Morgan fingerprint density at radius 1 is 1.41 bits per heavy atom. The predicted octanol–water partition coefficient (Wildman–Crippen LogP) is 0.342. The SMILES string of the molecule is CO[C@H]1C[C@@H](C(N)=O)N(Cc2ncn(-c3ccccc3)n2)C1. The van der Waals surface area contributed by atoms with Crippen LogP contribution in [0.25, 0.3) is 5.69 Å². The second-order valence-electron chi connectivity index (χ2n) is 5.38. The first-order chi connectivity index (χ1) is 10.7. The zero-order valence-corrected chi connectivity index (χ0v) is 12.4. The van der Waals surface area contributed by atoms with Crippen molar-refractivity contribution in [1.82, 2.24) is 19.7 Å². The normalized spacial score (nSPS) is 22.0. The van der Waals surface area contributed by atoms with Crippen molar-refractivity contribution >= 4 is 5.91 Å². The molecule has 0 aliphatic carbocycles. The van der Waals surface area contributed by atoms with Gasteiger partial charge in [0.1, 0.15) is 6.33 Å². The average Bonchev–Trinajstić information content (AvgIpc) is 3.15. The topological polar surface area (TPSA) is 86.3 Å². The predicted molar refractivity (Wildman–Crippen MR) is 80.2 cm³/mol. The van der Waals surface area contributed by atoms with Crippen molar-refractivity contribution in [3.63, 3.8) is 0 Å². The molecule has 2 aromatic rings. The number of aromatic nitrogens is 3. The molecule has 0 bridgehead atoms. The minimum Gasteiger partial charge on any atom is -0.380 e. The van der Waals surface area contributed by atoms with E-state index in [0.29, 0.717) is 25.3 Å². The third-order valence-corrected chi connectivity index (χ3v) is 3.93. The van der Waals surface area contributed by atoms with Crippen molar-refractivity contribution in [3.05, 3.63) is 42.5 Å². The van der Waals surface area contributed by atoms with E-state index in [1.54, 1.807) is 18.1 Å². The van der Waals surface area contributed by atoms with Crippen LogP contribution >= 0.6 is 0 Å². The Hall–Kier alpha value is -2.25. The lowest BCUT2D eigenvalue weighted by Gasteiger charge is -2.19. The fourth-order valence-electron chi connectivity index (χ4n) is 2.76. The zero-order valence-electron chi connectivity index (χ0n) is 12.4. The number of carbonyl (C=O) groups is 1. The molecule has 7 nitrogen and oxygen atoms in total. The lowest BCUT2D eigenvalue weighted by molar-refractivity contribution is -0.122. The molecule has 1 aliphatic rings. The minimum absolute atomic E-state index is 0.0220. The van der Waals surface area contributed by atoms with Gasteiger partial charge in [-0.25, -0.2) is 9.67 Å². The molecule has 3 rings (SSSR count). The Morgan fingerprint density at radius 3 is 2.86 bits per heavy atom. The molecule has 0 spiro atoms. The Balaban J connectivity index is 1.73. The number of benzene rings is 1. The minimum atomic E-state index is -0.331. The van der Waals surface area contributed by atoms with Gasteiger partial charge in [-0.3, -0.25) is 9.69 Å². The van der Waals surface area contributed by atoms with Crippen LogP contribution in [0.1, 0.15) is 12.2 Å². The van der Waals surface area contributed by atoms with Gasteiger partial charge in [0.25, 0.3) is 0 Å². The number of methoxy groups -OCH3 is 1. The van der Waals surface area contributed by atoms with Gasteiger partial charge in [0.15, 0.2) is 5.82 Å². The highest BCUT2D eigenvalue weighted by atomic mass is 16.5. The van der Waals surface area contributed by atoms with Crippen LogP contribution in [0.5, 0.6) is 0 Å². The van der Waals surface area contributed by atoms with E-state index in [9.17, 15) is 4.79 Å². The first kappa shape index (κ1) is 14.7. The maximum atomic E-state index is 11.6. The molecule has 0 saturated carbocycles. The number of rotatable bonds is 5. The van der Waals surface area contributed by atoms with E-state index < -0.39 is 0 Å². The van der Waals surface area contributed by atoms with Crippen LogP contribution in [-0.2, 0) is 16.1 Å². The van der Waals surface area contributed by atoms with Crippen molar-refractivity contribution in [2.75, 3.05) is 13.7 Å². The number of likely N-dealkylation sites (tertiary alicyclic amines) is 1. The average molecular weight is 301 g/mol.